The number of hydrogen-bond donors (Lipinski definition) is 0. The Hall–Kier alpha value is 1.51. The molecule has 1 nitrogen and oxygen atoms in total. The van der Waals surface area contributed by atoms with Crippen LogP contribution in [0.1, 0.15) is 79.1 Å². The van der Waals surface area contributed by atoms with Crippen molar-refractivity contribution < 1.29 is 21.0 Å². The van der Waals surface area contributed by atoms with Gasteiger partial charge in [-0.2, -0.15) is 19.6 Å². The normalized spacial score (nSPS) is 10.7. The third kappa shape index (κ3) is 15.5. The molecular formula is C28H38Cl6NNiS4-. The number of hydrogen-bond acceptors (Lipinski definition) is 4. The summed E-state index contributed by atoms with van der Waals surface area (Å²) in [5, 5.41) is 2.04. The number of halogens is 6. The fourth-order valence-electron chi connectivity index (χ4n) is 3.76. The zero-order valence-corrected chi connectivity index (χ0v) is 32.1. The van der Waals surface area contributed by atoms with Crippen LogP contribution in [0.2, 0.25) is 30.1 Å². The van der Waals surface area contributed by atoms with Crippen molar-refractivity contribution in [1.29, 1.82) is 0 Å². The summed E-state index contributed by atoms with van der Waals surface area (Å²) in [5.74, 6) is 0. The molecule has 0 saturated carbocycles. The van der Waals surface area contributed by atoms with Gasteiger partial charge >= 0.3 is 16.5 Å². The van der Waals surface area contributed by atoms with E-state index in [-0.39, 0.29) is 16.5 Å². The molecule has 0 aliphatic carbocycles. The zero-order valence-electron chi connectivity index (χ0n) is 23.3. The predicted octanol–water partition coefficient (Wildman–Crippen LogP) is 11.9. The predicted molar refractivity (Wildman–Crippen MR) is 185 cm³/mol. The Morgan fingerprint density at radius 2 is 0.725 bits per heavy atom. The first-order valence-corrected chi connectivity index (χ1v) is 17.1. The first-order chi connectivity index (χ1) is 18.3. The number of quaternary nitrogens is 1. The van der Waals surface area contributed by atoms with Gasteiger partial charge in [-0.1, -0.05) is 123 Å². The maximum absolute atomic E-state index is 5.69. The largest absolute Gasteiger partial charge is 2.00 e. The standard InChI is InChI=1S/C16H36N.2C6H3Cl3S2.Ni/c1-5-9-13-17(14-10-6-2,15-11-7-3)16-12-8-4;2*7-2-1-3(8)5(10)6(11)4(2)9;/h5-16H2,1-4H3;2*1,10-11H;/q+1;;;+2/p-4. The van der Waals surface area contributed by atoms with Gasteiger partial charge in [0.05, 0.1) is 36.2 Å². The topological polar surface area (TPSA) is 0 Å². The minimum absolute atomic E-state index is 0. The summed E-state index contributed by atoms with van der Waals surface area (Å²) in [7, 11) is 0. The monoisotopic (exact) mass is 784 g/mol. The van der Waals surface area contributed by atoms with Gasteiger partial charge < -0.3 is 55.0 Å². The van der Waals surface area contributed by atoms with Crippen LogP contribution in [0.4, 0.5) is 0 Å². The van der Waals surface area contributed by atoms with Gasteiger partial charge in [-0.05, 0) is 37.8 Å². The summed E-state index contributed by atoms with van der Waals surface area (Å²) in [5.41, 5.74) is 0. The molecule has 0 amide bonds. The van der Waals surface area contributed by atoms with Crippen molar-refractivity contribution in [1.82, 2.24) is 0 Å². The van der Waals surface area contributed by atoms with Crippen LogP contribution in [0, 0.1) is 0 Å². The van der Waals surface area contributed by atoms with E-state index in [9.17, 15) is 0 Å². The van der Waals surface area contributed by atoms with Crippen LogP contribution in [0.5, 0.6) is 0 Å². The maximum atomic E-state index is 5.69. The molecule has 0 saturated heterocycles. The van der Waals surface area contributed by atoms with Gasteiger partial charge in [0.25, 0.3) is 0 Å². The smallest absolute Gasteiger partial charge is 0.780 e. The molecule has 12 heteroatoms. The summed E-state index contributed by atoms with van der Waals surface area (Å²) >= 11 is 53.5. The van der Waals surface area contributed by atoms with Crippen molar-refractivity contribution in [2.24, 2.45) is 0 Å². The van der Waals surface area contributed by atoms with E-state index in [4.69, 9.17) is 120 Å². The quantitative estimate of drug-likeness (QED) is 0.0909. The SMILES string of the molecule is CCCC[N+](CCCC)(CCCC)CCCC.[Ni+2].[S-]c1c(Cl)cc(Cl)c(Cl)c1[S-].[S-]c1c(Cl)cc(Cl)c(Cl)c1[S-]. The molecule has 0 bridgehead atoms. The van der Waals surface area contributed by atoms with Crippen molar-refractivity contribution in [3.05, 3.63) is 42.3 Å². The van der Waals surface area contributed by atoms with Crippen LogP contribution >= 0.6 is 69.6 Å². The fraction of sp³-hybridized carbons (Fsp3) is 0.571. The van der Waals surface area contributed by atoms with Gasteiger partial charge in [-0.15, -0.1) is 0 Å². The molecular weight excluding hydrogens is 750 g/mol. The van der Waals surface area contributed by atoms with Crippen LogP contribution in [0.3, 0.4) is 0 Å². The van der Waals surface area contributed by atoms with Gasteiger partial charge in [0.1, 0.15) is 0 Å². The third-order valence-corrected chi connectivity index (χ3v) is 10.7. The molecule has 0 fully saturated rings. The van der Waals surface area contributed by atoms with E-state index >= 15 is 0 Å². The Balaban J connectivity index is 0. The molecule has 2 rings (SSSR count). The number of benzene rings is 2. The van der Waals surface area contributed by atoms with E-state index < -0.39 is 0 Å². The van der Waals surface area contributed by atoms with Crippen molar-refractivity contribution in [2.75, 3.05) is 26.2 Å². The summed E-state index contributed by atoms with van der Waals surface area (Å²) in [4.78, 5) is 1.46. The average molecular weight is 788 g/mol. The molecule has 0 aliphatic heterocycles. The number of rotatable bonds is 12. The molecule has 0 spiro atoms. The second kappa shape index (κ2) is 23.8. The molecule has 0 unspecified atom stereocenters. The van der Waals surface area contributed by atoms with Crippen molar-refractivity contribution in [2.45, 2.75) is 98.6 Å². The van der Waals surface area contributed by atoms with E-state index in [2.05, 4.69) is 27.7 Å². The first kappa shape index (κ1) is 43.6. The van der Waals surface area contributed by atoms with Crippen LogP contribution in [0.15, 0.2) is 31.7 Å². The molecule has 0 aromatic heterocycles. The van der Waals surface area contributed by atoms with Crippen LogP contribution in [0.25, 0.3) is 0 Å². The first-order valence-electron chi connectivity index (χ1n) is 13.2. The molecule has 0 heterocycles. The molecule has 2 aromatic carbocycles. The van der Waals surface area contributed by atoms with Crippen molar-refractivity contribution in [3.63, 3.8) is 0 Å². The van der Waals surface area contributed by atoms with Crippen LogP contribution < -0.4 is 0 Å². The van der Waals surface area contributed by atoms with Gasteiger partial charge in [0.15, 0.2) is 0 Å². The van der Waals surface area contributed by atoms with Crippen molar-refractivity contribution in [3.8, 4) is 0 Å². The van der Waals surface area contributed by atoms with E-state index in [0.717, 1.165) is 0 Å². The fourth-order valence-corrected chi connectivity index (χ4v) is 6.08. The molecule has 40 heavy (non-hydrogen) atoms. The molecule has 0 atom stereocenters. The summed E-state index contributed by atoms with van der Waals surface area (Å²) in [6.45, 7) is 15.0. The van der Waals surface area contributed by atoms with E-state index in [0.29, 0.717) is 49.7 Å². The van der Waals surface area contributed by atoms with Crippen molar-refractivity contribution >= 4 is 120 Å². The molecule has 232 valence electrons. The number of nitrogens with zero attached hydrogens (tertiary/aromatic N) is 1. The second-order valence-corrected chi connectivity index (χ2v) is 13.3. The van der Waals surface area contributed by atoms with E-state index in [1.165, 1.54) is 94.2 Å². The number of unbranched alkanes of at least 4 members (excludes halogenated alkanes) is 4. The second-order valence-electron chi connectivity index (χ2n) is 9.28. The Bertz CT molecular complexity index is 862. The minimum Gasteiger partial charge on any atom is -0.780 e. The van der Waals surface area contributed by atoms with E-state index in [1.807, 2.05) is 0 Å². The van der Waals surface area contributed by atoms with Gasteiger partial charge in [-0.3, -0.25) is 0 Å². The third-order valence-electron chi connectivity index (χ3n) is 6.12. The van der Waals surface area contributed by atoms with E-state index in [1.54, 1.807) is 0 Å². The molecule has 0 N–H and O–H groups in total. The Morgan fingerprint density at radius 3 is 0.950 bits per heavy atom. The Labute approximate surface area is 305 Å². The van der Waals surface area contributed by atoms with Crippen LogP contribution in [-0.4, -0.2) is 30.7 Å². The molecule has 0 radical (unpaired) electrons. The van der Waals surface area contributed by atoms with Gasteiger partial charge in [0, 0.05) is 20.1 Å². The Morgan fingerprint density at radius 1 is 0.475 bits per heavy atom. The molecule has 0 aliphatic rings. The maximum Gasteiger partial charge on any atom is 2.00 e. The Kier molecular flexibility index (Phi) is 26.0. The average Bonchev–Trinajstić information content (AvgIpc) is 2.92. The zero-order chi connectivity index (χ0) is 30.2. The molecule has 2 aromatic rings. The summed E-state index contributed by atoms with van der Waals surface area (Å²) in [6.07, 6.45) is 11.1. The van der Waals surface area contributed by atoms with Gasteiger partial charge in [-0.25, -0.2) is 0 Å². The van der Waals surface area contributed by atoms with Crippen LogP contribution in [-0.2, 0) is 67.0 Å². The minimum atomic E-state index is 0. The summed E-state index contributed by atoms with van der Waals surface area (Å²) in [6, 6.07) is 2.98. The summed E-state index contributed by atoms with van der Waals surface area (Å²) < 4.78 is 1.42. The van der Waals surface area contributed by atoms with Gasteiger partial charge in [0.2, 0.25) is 0 Å².